The summed E-state index contributed by atoms with van der Waals surface area (Å²) in [5.41, 5.74) is 1.23. The zero-order valence-electron chi connectivity index (χ0n) is 11.6. The number of rotatable bonds is 6. The molecule has 3 nitrogen and oxygen atoms in total. The highest BCUT2D eigenvalue weighted by Gasteiger charge is 2.09. The van der Waals surface area contributed by atoms with Crippen LogP contribution in [0.3, 0.4) is 0 Å². The monoisotopic (exact) mass is 326 g/mol. The first-order chi connectivity index (χ1) is 9.29. The molecular weight excluding hydrogens is 304 g/mol. The zero-order chi connectivity index (χ0) is 13.5. The summed E-state index contributed by atoms with van der Waals surface area (Å²) in [7, 11) is 1.95. The number of ether oxygens (including phenoxy) is 1. The van der Waals surface area contributed by atoms with E-state index in [1.165, 1.54) is 37.9 Å². The van der Waals surface area contributed by atoms with Crippen LogP contribution in [0.15, 0.2) is 22.7 Å². The van der Waals surface area contributed by atoms with Crippen molar-refractivity contribution in [2.75, 3.05) is 33.3 Å². The van der Waals surface area contributed by atoms with Crippen molar-refractivity contribution >= 4 is 15.9 Å². The Hall–Kier alpha value is -0.580. The van der Waals surface area contributed by atoms with Crippen molar-refractivity contribution in [2.24, 2.45) is 0 Å². The number of halogens is 1. The Bertz CT molecular complexity index is 392. The molecule has 4 heteroatoms. The number of hydrogen-bond acceptors (Lipinski definition) is 3. The number of piperidine rings is 1. The van der Waals surface area contributed by atoms with Gasteiger partial charge in [0.1, 0.15) is 12.4 Å². The highest BCUT2D eigenvalue weighted by Crippen LogP contribution is 2.22. The molecule has 1 aliphatic rings. The quantitative estimate of drug-likeness (QED) is 0.869. The summed E-state index contributed by atoms with van der Waals surface area (Å²) in [6, 6.07) is 6.19. The molecule has 0 atom stereocenters. The van der Waals surface area contributed by atoms with E-state index in [1.54, 1.807) is 0 Å². The van der Waals surface area contributed by atoms with Crippen molar-refractivity contribution in [2.45, 2.75) is 25.8 Å². The Morgan fingerprint density at radius 1 is 1.26 bits per heavy atom. The first kappa shape index (κ1) is 14.8. The minimum Gasteiger partial charge on any atom is -0.492 e. The van der Waals surface area contributed by atoms with E-state index in [9.17, 15) is 0 Å². The van der Waals surface area contributed by atoms with Crippen molar-refractivity contribution in [1.82, 2.24) is 10.2 Å². The van der Waals surface area contributed by atoms with Crippen LogP contribution < -0.4 is 10.1 Å². The maximum atomic E-state index is 5.86. The molecule has 106 valence electrons. The molecular formula is C15H23BrN2O. The predicted octanol–water partition coefficient (Wildman–Crippen LogP) is 3.03. The Balaban J connectivity index is 1.80. The van der Waals surface area contributed by atoms with Crippen LogP contribution in [0.4, 0.5) is 0 Å². The van der Waals surface area contributed by atoms with Crippen molar-refractivity contribution in [3.8, 4) is 5.75 Å². The van der Waals surface area contributed by atoms with Crippen LogP contribution in [0.25, 0.3) is 0 Å². The Morgan fingerprint density at radius 2 is 2.05 bits per heavy atom. The summed E-state index contributed by atoms with van der Waals surface area (Å²) in [6.07, 6.45) is 4.06. The van der Waals surface area contributed by atoms with Crippen molar-refractivity contribution in [3.05, 3.63) is 28.2 Å². The molecule has 1 aromatic carbocycles. The van der Waals surface area contributed by atoms with Gasteiger partial charge < -0.3 is 10.1 Å². The van der Waals surface area contributed by atoms with E-state index in [-0.39, 0.29) is 0 Å². The molecule has 0 amide bonds. The van der Waals surface area contributed by atoms with Gasteiger partial charge in [0.05, 0.1) is 0 Å². The Labute approximate surface area is 124 Å². The molecule has 0 saturated carbocycles. The number of nitrogens with zero attached hydrogens (tertiary/aromatic N) is 1. The van der Waals surface area contributed by atoms with E-state index < -0.39 is 0 Å². The largest absolute Gasteiger partial charge is 0.492 e. The minimum absolute atomic E-state index is 0.778. The van der Waals surface area contributed by atoms with Crippen LogP contribution in [0, 0.1) is 0 Å². The molecule has 0 unspecified atom stereocenters. The Morgan fingerprint density at radius 3 is 2.79 bits per heavy atom. The second-order valence-corrected chi connectivity index (χ2v) is 5.89. The average Bonchev–Trinajstić information content (AvgIpc) is 2.44. The third-order valence-electron chi connectivity index (χ3n) is 3.51. The van der Waals surface area contributed by atoms with E-state index in [0.29, 0.717) is 0 Å². The van der Waals surface area contributed by atoms with E-state index >= 15 is 0 Å². The summed E-state index contributed by atoms with van der Waals surface area (Å²) in [6.45, 7) is 5.13. The van der Waals surface area contributed by atoms with Crippen LogP contribution >= 0.6 is 15.9 Å². The number of nitrogens with one attached hydrogen (secondary N) is 1. The molecule has 1 aromatic rings. The fourth-order valence-corrected chi connectivity index (χ4v) is 2.83. The maximum absolute atomic E-state index is 5.86. The molecule has 1 saturated heterocycles. The van der Waals surface area contributed by atoms with E-state index in [0.717, 1.165) is 29.9 Å². The highest BCUT2D eigenvalue weighted by atomic mass is 79.9. The second kappa shape index (κ2) is 7.88. The van der Waals surface area contributed by atoms with Gasteiger partial charge in [-0.15, -0.1) is 0 Å². The summed E-state index contributed by atoms with van der Waals surface area (Å²) < 4.78 is 6.99. The molecule has 2 rings (SSSR count). The van der Waals surface area contributed by atoms with Gasteiger partial charge in [0.25, 0.3) is 0 Å². The van der Waals surface area contributed by atoms with Gasteiger partial charge in [-0.05, 0) is 56.7 Å². The molecule has 0 aromatic heterocycles. The molecule has 0 spiro atoms. The maximum Gasteiger partial charge on any atom is 0.119 e. The summed E-state index contributed by atoms with van der Waals surface area (Å²) in [5, 5.41) is 3.17. The van der Waals surface area contributed by atoms with Gasteiger partial charge >= 0.3 is 0 Å². The second-order valence-electron chi connectivity index (χ2n) is 5.03. The number of benzene rings is 1. The summed E-state index contributed by atoms with van der Waals surface area (Å²) >= 11 is 3.56. The summed E-state index contributed by atoms with van der Waals surface area (Å²) in [5.74, 6) is 0.963. The lowest BCUT2D eigenvalue weighted by atomic mass is 10.1. The van der Waals surface area contributed by atoms with Crippen LogP contribution in [0.2, 0.25) is 0 Å². The average molecular weight is 327 g/mol. The van der Waals surface area contributed by atoms with Gasteiger partial charge in [-0.1, -0.05) is 22.4 Å². The van der Waals surface area contributed by atoms with Gasteiger partial charge in [0.2, 0.25) is 0 Å². The van der Waals surface area contributed by atoms with Gasteiger partial charge in [-0.3, -0.25) is 4.90 Å². The lowest BCUT2D eigenvalue weighted by molar-refractivity contribution is 0.183. The lowest BCUT2D eigenvalue weighted by Gasteiger charge is -2.26. The topological polar surface area (TPSA) is 24.5 Å². The fourth-order valence-electron chi connectivity index (χ4n) is 2.44. The zero-order valence-corrected chi connectivity index (χ0v) is 13.2. The SMILES string of the molecule is CNCc1cc(OCCN2CCCCC2)ccc1Br. The van der Waals surface area contributed by atoms with Crippen LogP contribution in [0.1, 0.15) is 24.8 Å². The first-order valence-electron chi connectivity index (χ1n) is 7.08. The van der Waals surface area contributed by atoms with E-state index in [2.05, 4.69) is 38.3 Å². The van der Waals surface area contributed by atoms with Gasteiger partial charge in [0.15, 0.2) is 0 Å². The fraction of sp³-hybridized carbons (Fsp3) is 0.600. The molecule has 1 N–H and O–H groups in total. The van der Waals surface area contributed by atoms with E-state index in [1.807, 2.05) is 13.1 Å². The first-order valence-corrected chi connectivity index (χ1v) is 7.87. The number of hydrogen-bond donors (Lipinski definition) is 1. The van der Waals surface area contributed by atoms with Crippen LogP contribution in [0.5, 0.6) is 5.75 Å². The highest BCUT2D eigenvalue weighted by molar-refractivity contribution is 9.10. The lowest BCUT2D eigenvalue weighted by Crippen LogP contribution is -2.33. The van der Waals surface area contributed by atoms with Gasteiger partial charge in [0, 0.05) is 17.6 Å². The number of likely N-dealkylation sites (tertiary alicyclic amines) is 1. The standard InChI is InChI=1S/C15H23BrN2O/c1-17-12-13-11-14(5-6-15(13)16)19-10-9-18-7-3-2-4-8-18/h5-6,11,17H,2-4,7-10,12H2,1H3. The minimum atomic E-state index is 0.778. The normalized spacial score (nSPS) is 16.5. The van der Waals surface area contributed by atoms with Crippen LogP contribution in [-0.2, 0) is 6.54 Å². The van der Waals surface area contributed by atoms with Crippen molar-refractivity contribution in [3.63, 3.8) is 0 Å². The molecule has 1 fully saturated rings. The molecule has 0 radical (unpaired) electrons. The van der Waals surface area contributed by atoms with Gasteiger partial charge in [-0.25, -0.2) is 0 Å². The van der Waals surface area contributed by atoms with Crippen molar-refractivity contribution < 1.29 is 4.74 Å². The molecule has 19 heavy (non-hydrogen) atoms. The molecule has 0 aliphatic carbocycles. The van der Waals surface area contributed by atoms with Gasteiger partial charge in [-0.2, -0.15) is 0 Å². The molecule has 1 aliphatic heterocycles. The van der Waals surface area contributed by atoms with Crippen molar-refractivity contribution in [1.29, 1.82) is 0 Å². The predicted molar refractivity (Wildman–Crippen MR) is 82.7 cm³/mol. The third-order valence-corrected chi connectivity index (χ3v) is 4.28. The Kier molecular flexibility index (Phi) is 6.14. The molecule has 1 heterocycles. The smallest absolute Gasteiger partial charge is 0.119 e. The molecule has 0 bridgehead atoms. The summed E-state index contributed by atoms with van der Waals surface area (Å²) in [4.78, 5) is 2.50. The van der Waals surface area contributed by atoms with Crippen LogP contribution in [-0.4, -0.2) is 38.2 Å². The third kappa shape index (κ3) is 4.79. The van der Waals surface area contributed by atoms with E-state index in [4.69, 9.17) is 4.74 Å².